The van der Waals surface area contributed by atoms with Crippen molar-refractivity contribution in [1.29, 1.82) is 0 Å². The molecule has 1 aromatic rings. The van der Waals surface area contributed by atoms with Gasteiger partial charge in [-0.3, -0.25) is 0 Å². The predicted octanol–water partition coefficient (Wildman–Crippen LogP) is 3.19. The second-order valence-corrected chi connectivity index (χ2v) is 5.89. The van der Waals surface area contributed by atoms with Crippen LogP contribution in [0.5, 0.6) is 0 Å². The minimum atomic E-state index is 0.195. The first kappa shape index (κ1) is 15.6. The van der Waals surface area contributed by atoms with Crippen LogP contribution < -0.4 is 10.2 Å². The Morgan fingerprint density at radius 3 is 2.80 bits per heavy atom. The normalized spacial score (nSPS) is 15.2. The Morgan fingerprint density at radius 1 is 1.40 bits per heavy atom. The summed E-state index contributed by atoms with van der Waals surface area (Å²) in [6.45, 7) is 4.90. The lowest BCUT2D eigenvalue weighted by atomic mass is 9.90. The molecular formula is C16H25ClN2O. The maximum atomic E-state index is 9.34. The van der Waals surface area contributed by atoms with Gasteiger partial charge in [0.25, 0.3) is 0 Å². The first-order valence-corrected chi connectivity index (χ1v) is 8.00. The van der Waals surface area contributed by atoms with Gasteiger partial charge in [-0.05, 0) is 56.0 Å². The Balaban J connectivity index is 2.17. The number of rotatable bonds is 8. The standard InChI is InChI=1S/C16H25ClN2O/c1-2-8-18-12-13-11-14(17)6-7-16(13)19(9-10-20)15-4-3-5-15/h6-7,11,15,18,20H,2-5,8-10,12H2,1H3. The van der Waals surface area contributed by atoms with Crippen molar-refractivity contribution in [3.8, 4) is 0 Å². The van der Waals surface area contributed by atoms with Gasteiger partial charge in [0.15, 0.2) is 0 Å². The van der Waals surface area contributed by atoms with Gasteiger partial charge in [-0.2, -0.15) is 0 Å². The van der Waals surface area contributed by atoms with Crippen LogP contribution in [0.4, 0.5) is 5.69 Å². The molecular weight excluding hydrogens is 272 g/mol. The number of nitrogens with zero attached hydrogens (tertiary/aromatic N) is 1. The molecule has 2 rings (SSSR count). The van der Waals surface area contributed by atoms with Crippen LogP contribution in [0.3, 0.4) is 0 Å². The summed E-state index contributed by atoms with van der Waals surface area (Å²) in [7, 11) is 0. The van der Waals surface area contributed by atoms with Crippen molar-refractivity contribution < 1.29 is 5.11 Å². The molecule has 0 heterocycles. The van der Waals surface area contributed by atoms with E-state index < -0.39 is 0 Å². The molecule has 4 heteroatoms. The van der Waals surface area contributed by atoms with Crippen LogP contribution in [0.15, 0.2) is 18.2 Å². The molecule has 2 N–H and O–H groups in total. The number of benzene rings is 1. The summed E-state index contributed by atoms with van der Waals surface area (Å²) in [5, 5.41) is 13.6. The second-order valence-electron chi connectivity index (χ2n) is 5.45. The van der Waals surface area contributed by atoms with Crippen molar-refractivity contribution in [2.24, 2.45) is 0 Å². The molecule has 3 nitrogen and oxygen atoms in total. The lowest BCUT2D eigenvalue weighted by molar-refractivity contribution is 0.283. The van der Waals surface area contributed by atoms with E-state index in [2.05, 4.69) is 23.2 Å². The predicted molar refractivity (Wildman–Crippen MR) is 85.5 cm³/mol. The fourth-order valence-corrected chi connectivity index (χ4v) is 2.88. The van der Waals surface area contributed by atoms with Crippen LogP contribution in [0, 0.1) is 0 Å². The number of aliphatic hydroxyl groups is 1. The zero-order chi connectivity index (χ0) is 14.4. The van der Waals surface area contributed by atoms with Crippen molar-refractivity contribution in [2.75, 3.05) is 24.6 Å². The minimum absolute atomic E-state index is 0.195. The van der Waals surface area contributed by atoms with Gasteiger partial charge in [0.2, 0.25) is 0 Å². The molecule has 0 bridgehead atoms. The van der Waals surface area contributed by atoms with Crippen LogP contribution in [-0.2, 0) is 6.54 Å². The topological polar surface area (TPSA) is 35.5 Å². The number of hydrogen-bond acceptors (Lipinski definition) is 3. The number of anilines is 1. The van der Waals surface area contributed by atoms with E-state index in [-0.39, 0.29) is 6.61 Å². The van der Waals surface area contributed by atoms with Gasteiger partial charge in [-0.25, -0.2) is 0 Å². The molecule has 1 aromatic carbocycles. The van der Waals surface area contributed by atoms with Crippen molar-refractivity contribution in [3.63, 3.8) is 0 Å². The third-order valence-electron chi connectivity index (χ3n) is 3.95. The molecule has 0 aliphatic heterocycles. The molecule has 0 saturated heterocycles. The molecule has 1 aliphatic rings. The summed E-state index contributed by atoms with van der Waals surface area (Å²) in [5.41, 5.74) is 2.45. The Labute approximate surface area is 126 Å². The van der Waals surface area contributed by atoms with Crippen LogP contribution in [0.2, 0.25) is 5.02 Å². The molecule has 1 saturated carbocycles. The third-order valence-corrected chi connectivity index (χ3v) is 4.18. The van der Waals surface area contributed by atoms with E-state index in [0.717, 1.165) is 24.5 Å². The highest BCUT2D eigenvalue weighted by Gasteiger charge is 2.26. The molecule has 0 unspecified atom stereocenters. The molecule has 1 fully saturated rings. The molecule has 0 radical (unpaired) electrons. The van der Waals surface area contributed by atoms with Gasteiger partial charge in [0.05, 0.1) is 6.61 Å². The monoisotopic (exact) mass is 296 g/mol. The molecule has 1 aliphatic carbocycles. The van der Waals surface area contributed by atoms with Gasteiger partial charge in [-0.15, -0.1) is 0 Å². The summed E-state index contributed by atoms with van der Waals surface area (Å²) in [4.78, 5) is 2.35. The van der Waals surface area contributed by atoms with Crippen LogP contribution in [0.1, 0.15) is 38.2 Å². The third kappa shape index (κ3) is 3.87. The fourth-order valence-electron chi connectivity index (χ4n) is 2.68. The van der Waals surface area contributed by atoms with Gasteiger partial charge in [0.1, 0.15) is 0 Å². The van der Waals surface area contributed by atoms with E-state index in [4.69, 9.17) is 11.6 Å². The summed E-state index contributed by atoms with van der Waals surface area (Å²) in [6.07, 6.45) is 4.87. The molecule has 0 aromatic heterocycles. The minimum Gasteiger partial charge on any atom is -0.395 e. The second kappa shape index (κ2) is 7.87. The quantitative estimate of drug-likeness (QED) is 0.723. The highest BCUT2D eigenvalue weighted by atomic mass is 35.5. The maximum absolute atomic E-state index is 9.34. The van der Waals surface area contributed by atoms with Crippen LogP contribution >= 0.6 is 11.6 Å². The number of aliphatic hydroxyl groups excluding tert-OH is 1. The Kier molecular flexibility index (Phi) is 6.14. The fraction of sp³-hybridized carbons (Fsp3) is 0.625. The molecule has 112 valence electrons. The smallest absolute Gasteiger partial charge is 0.0606 e. The zero-order valence-corrected chi connectivity index (χ0v) is 13.0. The number of hydrogen-bond donors (Lipinski definition) is 2. The van der Waals surface area contributed by atoms with Gasteiger partial charge in [-0.1, -0.05) is 18.5 Å². The van der Waals surface area contributed by atoms with Crippen molar-refractivity contribution in [1.82, 2.24) is 5.32 Å². The van der Waals surface area contributed by atoms with E-state index in [9.17, 15) is 5.11 Å². The first-order valence-electron chi connectivity index (χ1n) is 7.63. The van der Waals surface area contributed by atoms with Gasteiger partial charge < -0.3 is 15.3 Å². The van der Waals surface area contributed by atoms with Crippen molar-refractivity contribution >= 4 is 17.3 Å². The SMILES string of the molecule is CCCNCc1cc(Cl)ccc1N(CCO)C1CCC1. The van der Waals surface area contributed by atoms with Crippen LogP contribution in [-0.4, -0.2) is 30.8 Å². The number of nitrogens with one attached hydrogen (secondary N) is 1. The van der Waals surface area contributed by atoms with E-state index in [1.807, 2.05) is 12.1 Å². The van der Waals surface area contributed by atoms with Gasteiger partial charge in [0, 0.05) is 29.8 Å². The summed E-state index contributed by atoms with van der Waals surface area (Å²) < 4.78 is 0. The van der Waals surface area contributed by atoms with Crippen LogP contribution in [0.25, 0.3) is 0 Å². The lowest BCUT2D eigenvalue weighted by Gasteiger charge is -2.40. The molecule has 0 atom stereocenters. The van der Waals surface area contributed by atoms with Crippen molar-refractivity contribution in [2.45, 2.75) is 45.2 Å². The average molecular weight is 297 g/mol. The van der Waals surface area contributed by atoms with Gasteiger partial charge >= 0.3 is 0 Å². The zero-order valence-electron chi connectivity index (χ0n) is 12.2. The highest BCUT2D eigenvalue weighted by molar-refractivity contribution is 6.30. The Bertz CT molecular complexity index is 421. The molecule has 20 heavy (non-hydrogen) atoms. The maximum Gasteiger partial charge on any atom is 0.0606 e. The average Bonchev–Trinajstić information content (AvgIpc) is 2.37. The molecule has 0 amide bonds. The first-order chi connectivity index (χ1) is 9.76. The van der Waals surface area contributed by atoms with Crippen molar-refractivity contribution in [3.05, 3.63) is 28.8 Å². The van der Waals surface area contributed by atoms with E-state index in [1.54, 1.807) is 0 Å². The summed E-state index contributed by atoms with van der Waals surface area (Å²) in [6, 6.07) is 6.67. The largest absolute Gasteiger partial charge is 0.395 e. The molecule has 0 spiro atoms. The Hall–Kier alpha value is -0.770. The summed E-state index contributed by atoms with van der Waals surface area (Å²) in [5.74, 6) is 0. The Morgan fingerprint density at radius 2 is 2.20 bits per heavy atom. The lowest BCUT2D eigenvalue weighted by Crippen LogP contribution is -2.42. The van der Waals surface area contributed by atoms with E-state index >= 15 is 0 Å². The van der Waals surface area contributed by atoms with E-state index in [0.29, 0.717) is 12.6 Å². The highest BCUT2D eigenvalue weighted by Crippen LogP contribution is 2.32. The summed E-state index contributed by atoms with van der Waals surface area (Å²) >= 11 is 6.14. The number of halogens is 1. The van der Waals surface area contributed by atoms with E-state index in [1.165, 1.54) is 30.5 Å².